The number of aliphatic hydroxyl groups excluding tert-OH is 1. The van der Waals surface area contributed by atoms with Gasteiger partial charge in [-0.3, -0.25) is 10.1 Å². The van der Waals surface area contributed by atoms with E-state index < -0.39 is 11.0 Å². The molecule has 0 saturated carbocycles. The van der Waals surface area contributed by atoms with E-state index in [0.717, 1.165) is 5.56 Å². The average molecular weight is 249 g/mol. The summed E-state index contributed by atoms with van der Waals surface area (Å²) >= 11 is 1.45. The van der Waals surface area contributed by atoms with Crippen LogP contribution in [0.2, 0.25) is 0 Å². The smallest absolute Gasteiger partial charge is 0.275 e. The number of nitrogens with zero attached hydrogens (tertiary/aromatic N) is 1. The Kier molecular flexibility index (Phi) is 3.21. The number of hydrogen-bond donors (Lipinski definition) is 1. The molecule has 17 heavy (non-hydrogen) atoms. The summed E-state index contributed by atoms with van der Waals surface area (Å²) in [4.78, 5) is 10.4. The van der Waals surface area contributed by atoms with Crippen molar-refractivity contribution in [1.82, 2.24) is 0 Å². The molecule has 0 fully saturated rings. The number of hydrogen-bond acceptors (Lipinski definition) is 4. The zero-order valence-electron chi connectivity index (χ0n) is 9.16. The first-order valence-electron chi connectivity index (χ1n) is 5.04. The fourth-order valence-corrected chi connectivity index (χ4v) is 2.35. The minimum absolute atomic E-state index is 0.0469. The molecule has 0 saturated heterocycles. The molecule has 5 heteroatoms. The number of benzene rings is 1. The lowest BCUT2D eigenvalue weighted by atomic mass is 10.0. The van der Waals surface area contributed by atoms with Crippen molar-refractivity contribution in [1.29, 1.82) is 0 Å². The van der Waals surface area contributed by atoms with Crippen LogP contribution in [0.25, 0.3) is 0 Å². The Hall–Kier alpha value is -1.72. The number of nitro benzene ring substituents is 1. The molecule has 1 aromatic carbocycles. The molecule has 0 aliphatic rings. The Morgan fingerprint density at radius 1 is 1.41 bits per heavy atom. The van der Waals surface area contributed by atoms with Gasteiger partial charge in [0.1, 0.15) is 6.10 Å². The highest BCUT2D eigenvalue weighted by molar-refractivity contribution is 7.07. The molecule has 0 bridgehead atoms. The van der Waals surface area contributed by atoms with Crippen LogP contribution in [0, 0.1) is 17.0 Å². The molecule has 2 aromatic rings. The van der Waals surface area contributed by atoms with Gasteiger partial charge in [0, 0.05) is 6.07 Å². The van der Waals surface area contributed by atoms with Gasteiger partial charge in [0.2, 0.25) is 0 Å². The highest BCUT2D eigenvalue weighted by Gasteiger charge is 2.21. The number of rotatable bonds is 3. The van der Waals surface area contributed by atoms with Gasteiger partial charge in [0.25, 0.3) is 5.69 Å². The molecule has 0 unspecified atom stereocenters. The zero-order chi connectivity index (χ0) is 12.4. The summed E-state index contributed by atoms with van der Waals surface area (Å²) in [6.45, 7) is 1.84. The van der Waals surface area contributed by atoms with Gasteiger partial charge >= 0.3 is 0 Å². The second-order valence-corrected chi connectivity index (χ2v) is 4.56. The highest BCUT2D eigenvalue weighted by atomic mass is 32.1. The van der Waals surface area contributed by atoms with Gasteiger partial charge < -0.3 is 5.11 Å². The third-order valence-electron chi connectivity index (χ3n) is 2.53. The van der Waals surface area contributed by atoms with E-state index in [9.17, 15) is 15.2 Å². The predicted octanol–water partition coefficient (Wildman–Crippen LogP) is 3.05. The van der Waals surface area contributed by atoms with E-state index in [1.54, 1.807) is 23.6 Å². The largest absolute Gasteiger partial charge is 0.383 e. The van der Waals surface area contributed by atoms with Crippen LogP contribution in [0.4, 0.5) is 5.69 Å². The zero-order valence-corrected chi connectivity index (χ0v) is 9.98. The fraction of sp³-hybridized carbons (Fsp3) is 0.167. The molecular formula is C12H11NO3S. The van der Waals surface area contributed by atoms with Gasteiger partial charge in [-0.15, -0.1) is 0 Å². The summed E-state index contributed by atoms with van der Waals surface area (Å²) < 4.78 is 0. The van der Waals surface area contributed by atoms with Crippen LogP contribution in [0.5, 0.6) is 0 Å². The lowest BCUT2D eigenvalue weighted by Crippen LogP contribution is -2.03. The fourth-order valence-electron chi connectivity index (χ4n) is 1.67. The average Bonchev–Trinajstić information content (AvgIpc) is 2.80. The van der Waals surface area contributed by atoms with E-state index in [1.807, 2.05) is 12.3 Å². The van der Waals surface area contributed by atoms with Gasteiger partial charge in [-0.1, -0.05) is 11.6 Å². The van der Waals surface area contributed by atoms with Crippen LogP contribution in [0.1, 0.15) is 22.8 Å². The minimum atomic E-state index is -0.943. The van der Waals surface area contributed by atoms with Crippen LogP contribution in [0.15, 0.2) is 35.0 Å². The molecule has 0 amide bonds. The first-order chi connectivity index (χ1) is 8.09. The second kappa shape index (κ2) is 4.65. The molecule has 0 aliphatic carbocycles. The van der Waals surface area contributed by atoms with Crippen molar-refractivity contribution in [3.05, 3.63) is 61.8 Å². The number of thiophene rings is 1. The number of nitro groups is 1. The molecule has 1 N–H and O–H groups in total. The van der Waals surface area contributed by atoms with Crippen LogP contribution in [-0.4, -0.2) is 10.0 Å². The Morgan fingerprint density at radius 2 is 2.18 bits per heavy atom. The van der Waals surface area contributed by atoms with E-state index in [-0.39, 0.29) is 5.69 Å². The van der Waals surface area contributed by atoms with Crippen molar-refractivity contribution in [2.75, 3.05) is 0 Å². The Balaban J connectivity index is 2.50. The Bertz CT molecular complexity index is 537. The summed E-state index contributed by atoms with van der Waals surface area (Å²) in [6.07, 6.45) is -0.943. The maximum Gasteiger partial charge on any atom is 0.275 e. The van der Waals surface area contributed by atoms with E-state index in [1.165, 1.54) is 17.4 Å². The number of aliphatic hydroxyl groups is 1. The Morgan fingerprint density at radius 3 is 2.76 bits per heavy atom. The van der Waals surface area contributed by atoms with Gasteiger partial charge in [0.05, 0.1) is 10.5 Å². The molecule has 0 spiro atoms. The molecule has 88 valence electrons. The molecular weight excluding hydrogens is 238 g/mol. The molecule has 1 atom stereocenters. The first-order valence-corrected chi connectivity index (χ1v) is 5.99. The van der Waals surface area contributed by atoms with Crippen molar-refractivity contribution in [2.45, 2.75) is 13.0 Å². The van der Waals surface area contributed by atoms with Crippen molar-refractivity contribution < 1.29 is 10.0 Å². The normalized spacial score (nSPS) is 12.4. The van der Waals surface area contributed by atoms with Crippen molar-refractivity contribution >= 4 is 17.0 Å². The third-order valence-corrected chi connectivity index (χ3v) is 3.23. The van der Waals surface area contributed by atoms with E-state index in [2.05, 4.69) is 0 Å². The molecule has 1 aromatic heterocycles. The minimum Gasteiger partial charge on any atom is -0.383 e. The van der Waals surface area contributed by atoms with Crippen molar-refractivity contribution in [3.63, 3.8) is 0 Å². The second-order valence-electron chi connectivity index (χ2n) is 3.78. The molecule has 0 radical (unpaired) electrons. The SMILES string of the molecule is Cc1ccc([N+](=O)[O-])c([C@H](O)c2ccsc2)c1. The van der Waals surface area contributed by atoms with E-state index >= 15 is 0 Å². The quantitative estimate of drug-likeness (QED) is 0.671. The lowest BCUT2D eigenvalue weighted by molar-refractivity contribution is -0.386. The summed E-state index contributed by atoms with van der Waals surface area (Å²) in [5.41, 5.74) is 1.87. The maximum atomic E-state index is 10.9. The summed E-state index contributed by atoms with van der Waals surface area (Å²) in [5.74, 6) is 0. The van der Waals surface area contributed by atoms with Gasteiger partial charge in [-0.2, -0.15) is 11.3 Å². The van der Waals surface area contributed by atoms with Crippen LogP contribution in [0.3, 0.4) is 0 Å². The van der Waals surface area contributed by atoms with Crippen LogP contribution in [-0.2, 0) is 0 Å². The van der Waals surface area contributed by atoms with Gasteiger partial charge in [0.15, 0.2) is 0 Å². The predicted molar refractivity (Wildman–Crippen MR) is 66.2 cm³/mol. The topological polar surface area (TPSA) is 63.4 Å². The Labute approximate surface area is 102 Å². The van der Waals surface area contributed by atoms with Crippen LogP contribution >= 0.6 is 11.3 Å². The van der Waals surface area contributed by atoms with Crippen molar-refractivity contribution in [2.24, 2.45) is 0 Å². The van der Waals surface area contributed by atoms with Crippen molar-refractivity contribution in [3.8, 4) is 0 Å². The molecule has 0 aliphatic heterocycles. The van der Waals surface area contributed by atoms with Gasteiger partial charge in [-0.25, -0.2) is 0 Å². The summed E-state index contributed by atoms with van der Waals surface area (Å²) in [5, 5.41) is 24.7. The van der Waals surface area contributed by atoms with Gasteiger partial charge in [-0.05, 0) is 35.4 Å². The summed E-state index contributed by atoms with van der Waals surface area (Å²) in [7, 11) is 0. The lowest BCUT2D eigenvalue weighted by Gasteiger charge is -2.10. The molecule has 2 rings (SSSR count). The highest BCUT2D eigenvalue weighted by Crippen LogP contribution is 2.31. The van der Waals surface area contributed by atoms with E-state index in [0.29, 0.717) is 11.1 Å². The van der Waals surface area contributed by atoms with E-state index in [4.69, 9.17) is 0 Å². The monoisotopic (exact) mass is 249 g/mol. The molecule has 4 nitrogen and oxygen atoms in total. The number of aryl methyl sites for hydroxylation is 1. The first kappa shape index (κ1) is 11.8. The molecule has 1 heterocycles. The van der Waals surface area contributed by atoms with Crippen LogP contribution < -0.4 is 0 Å². The maximum absolute atomic E-state index is 10.9. The standard InChI is InChI=1S/C12H11NO3S/c1-8-2-3-11(13(15)16)10(6-8)12(14)9-4-5-17-7-9/h2-7,12,14H,1H3/t12-/m1/s1. The third kappa shape index (κ3) is 2.35. The summed E-state index contributed by atoms with van der Waals surface area (Å²) in [6, 6.07) is 6.52.